The van der Waals surface area contributed by atoms with Crippen molar-refractivity contribution >= 4 is 10.0 Å². The largest absolute Gasteiger partial charge is 0.384 e. The van der Waals surface area contributed by atoms with E-state index in [-0.39, 0.29) is 17.4 Å². The molecule has 0 saturated carbocycles. The lowest BCUT2D eigenvalue weighted by molar-refractivity contribution is 0.350. The van der Waals surface area contributed by atoms with Gasteiger partial charge in [0.05, 0.1) is 4.90 Å². The Morgan fingerprint density at radius 2 is 2.00 bits per heavy atom. The van der Waals surface area contributed by atoms with Gasteiger partial charge >= 0.3 is 0 Å². The maximum Gasteiger partial charge on any atom is 0.243 e. The number of rotatable bonds is 5. The van der Waals surface area contributed by atoms with E-state index in [2.05, 4.69) is 11.8 Å². The molecule has 1 aromatic rings. The minimum absolute atomic E-state index is 0.211. The van der Waals surface area contributed by atoms with Gasteiger partial charge in [0.2, 0.25) is 10.0 Å². The van der Waals surface area contributed by atoms with E-state index in [4.69, 9.17) is 5.11 Å². The van der Waals surface area contributed by atoms with E-state index in [1.807, 2.05) is 27.7 Å². The summed E-state index contributed by atoms with van der Waals surface area (Å²) in [4.78, 5) is 0.289. The highest BCUT2D eigenvalue weighted by Crippen LogP contribution is 2.20. The lowest BCUT2D eigenvalue weighted by Gasteiger charge is -2.22. The monoisotopic (exact) mass is 309 g/mol. The molecule has 0 fully saturated rings. The molecule has 0 aliphatic heterocycles. The fraction of sp³-hybridized carbons (Fsp3) is 0.500. The Balaban J connectivity index is 3.17. The van der Waals surface area contributed by atoms with Crippen LogP contribution in [0.5, 0.6) is 0 Å². The molecule has 0 heterocycles. The third-order valence-corrected chi connectivity index (χ3v) is 5.00. The molecule has 0 unspecified atom stereocenters. The van der Waals surface area contributed by atoms with Crippen molar-refractivity contribution < 1.29 is 13.5 Å². The molecule has 0 aliphatic rings. The van der Waals surface area contributed by atoms with E-state index < -0.39 is 10.0 Å². The van der Waals surface area contributed by atoms with Gasteiger partial charge in [-0.05, 0) is 36.6 Å². The van der Waals surface area contributed by atoms with Crippen LogP contribution in [-0.2, 0) is 10.0 Å². The summed E-state index contributed by atoms with van der Waals surface area (Å²) in [7, 11) is -3.47. The van der Waals surface area contributed by atoms with Crippen molar-refractivity contribution in [3.63, 3.8) is 0 Å². The minimum atomic E-state index is -3.47. The summed E-state index contributed by atoms with van der Waals surface area (Å²) in [6.45, 7) is 8.40. The normalized spacial score (nSPS) is 11.6. The van der Waals surface area contributed by atoms with E-state index in [9.17, 15) is 8.42 Å². The van der Waals surface area contributed by atoms with Crippen LogP contribution in [0.4, 0.5) is 0 Å². The molecule has 1 rings (SSSR count). The van der Waals surface area contributed by atoms with E-state index >= 15 is 0 Å². The van der Waals surface area contributed by atoms with Crippen LogP contribution in [-0.4, -0.2) is 37.5 Å². The first-order valence-electron chi connectivity index (χ1n) is 7.03. The van der Waals surface area contributed by atoms with Gasteiger partial charge in [-0.3, -0.25) is 0 Å². The average molecular weight is 309 g/mol. The highest BCUT2D eigenvalue weighted by molar-refractivity contribution is 7.89. The maximum atomic E-state index is 12.6. The molecule has 0 saturated heterocycles. The molecule has 0 aliphatic carbocycles. The highest BCUT2D eigenvalue weighted by atomic mass is 32.2. The van der Waals surface area contributed by atoms with E-state index in [0.717, 1.165) is 11.1 Å². The van der Waals surface area contributed by atoms with Gasteiger partial charge in [-0.15, -0.1) is 0 Å². The van der Waals surface area contributed by atoms with Gasteiger partial charge in [-0.1, -0.05) is 32.6 Å². The molecule has 5 heteroatoms. The second-order valence-electron chi connectivity index (χ2n) is 5.29. The predicted molar refractivity (Wildman–Crippen MR) is 84.4 cm³/mol. The molecular weight excluding hydrogens is 286 g/mol. The molecule has 1 aromatic carbocycles. The zero-order valence-electron chi connectivity index (χ0n) is 13.0. The zero-order chi connectivity index (χ0) is 16.0. The van der Waals surface area contributed by atoms with Gasteiger partial charge < -0.3 is 5.11 Å². The number of sulfonamides is 1. The van der Waals surface area contributed by atoms with Crippen LogP contribution in [0.3, 0.4) is 0 Å². The van der Waals surface area contributed by atoms with Gasteiger partial charge in [-0.2, -0.15) is 4.31 Å². The Morgan fingerprint density at radius 1 is 1.33 bits per heavy atom. The Morgan fingerprint density at radius 3 is 2.48 bits per heavy atom. The number of aryl methyl sites for hydroxylation is 1. The summed E-state index contributed by atoms with van der Waals surface area (Å²) in [6, 6.07) is 4.90. The summed E-state index contributed by atoms with van der Waals surface area (Å²) in [6.07, 6.45) is 0. The molecule has 0 bridgehead atoms. The molecule has 1 N–H and O–H groups in total. The lowest BCUT2D eigenvalue weighted by atomic mass is 10.1. The van der Waals surface area contributed by atoms with Crippen molar-refractivity contribution in [1.29, 1.82) is 0 Å². The van der Waals surface area contributed by atoms with Gasteiger partial charge in [0.15, 0.2) is 0 Å². The SMILES string of the molecule is CCN(CC(C)C)S(=O)(=O)c1ccc(C#CCO)c(C)c1. The van der Waals surface area contributed by atoms with Crippen molar-refractivity contribution in [2.45, 2.75) is 32.6 Å². The minimum Gasteiger partial charge on any atom is -0.384 e. The number of benzene rings is 1. The first-order valence-corrected chi connectivity index (χ1v) is 8.47. The van der Waals surface area contributed by atoms with Crippen molar-refractivity contribution in [3.05, 3.63) is 29.3 Å². The first-order chi connectivity index (χ1) is 9.82. The van der Waals surface area contributed by atoms with Gasteiger partial charge in [-0.25, -0.2) is 8.42 Å². The number of aliphatic hydroxyl groups is 1. The summed E-state index contributed by atoms with van der Waals surface area (Å²) < 4.78 is 26.7. The molecule has 0 radical (unpaired) electrons. The average Bonchev–Trinajstić information content (AvgIpc) is 2.42. The number of hydrogen-bond donors (Lipinski definition) is 1. The smallest absolute Gasteiger partial charge is 0.243 e. The molecule has 116 valence electrons. The standard InChI is InChI=1S/C16H23NO3S/c1-5-17(12-13(2)3)21(19,20)16-9-8-15(7-6-10-18)14(4)11-16/h8-9,11,13,18H,5,10,12H2,1-4H3. The Kier molecular flexibility index (Phi) is 6.41. The van der Waals surface area contributed by atoms with Crippen LogP contribution in [0.2, 0.25) is 0 Å². The van der Waals surface area contributed by atoms with E-state index in [0.29, 0.717) is 13.1 Å². The van der Waals surface area contributed by atoms with Crippen LogP contribution in [0.15, 0.2) is 23.1 Å². The molecule has 4 nitrogen and oxygen atoms in total. The molecule has 0 aromatic heterocycles. The highest BCUT2D eigenvalue weighted by Gasteiger charge is 2.23. The van der Waals surface area contributed by atoms with Crippen molar-refractivity contribution in [2.24, 2.45) is 5.92 Å². The quantitative estimate of drug-likeness (QED) is 0.847. The zero-order valence-corrected chi connectivity index (χ0v) is 13.9. The van der Waals surface area contributed by atoms with E-state index in [1.54, 1.807) is 18.2 Å². The number of hydrogen-bond acceptors (Lipinski definition) is 3. The third-order valence-electron chi connectivity index (χ3n) is 3.06. The van der Waals surface area contributed by atoms with Gasteiger partial charge in [0.25, 0.3) is 0 Å². The predicted octanol–water partition coefficient (Wildman–Crippen LogP) is 2.01. The van der Waals surface area contributed by atoms with Crippen LogP contribution >= 0.6 is 0 Å². The number of nitrogens with zero attached hydrogens (tertiary/aromatic N) is 1. The van der Waals surface area contributed by atoms with Crippen molar-refractivity contribution in [2.75, 3.05) is 19.7 Å². The summed E-state index contributed by atoms with van der Waals surface area (Å²) in [5, 5.41) is 8.71. The Labute approximate surface area is 127 Å². The third kappa shape index (κ3) is 4.57. The van der Waals surface area contributed by atoms with Crippen LogP contribution in [0.1, 0.15) is 31.9 Å². The van der Waals surface area contributed by atoms with Gasteiger partial charge in [0, 0.05) is 18.7 Å². The Hall–Kier alpha value is -1.35. The molecule has 0 atom stereocenters. The fourth-order valence-electron chi connectivity index (χ4n) is 2.03. The Bertz CT molecular complexity index is 639. The topological polar surface area (TPSA) is 57.6 Å². The molecule has 21 heavy (non-hydrogen) atoms. The van der Waals surface area contributed by atoms with Crippen molar-refractivity contribution in [1.82, 2.24) is 4.31 Å². The molecule has 0 spiro atoms. The summed E-state index contributed by atoms with van der Waals surface area (Å²) in [5.74, 6) is 5.65. The fourth-order valence-corrected chi connectivity index (χ4v) is 3.72. The van der Waals surface area contributed by atoms with Crippen LogP contribution in [0.25, 0.3) is 0 Å². The second kappa shape index (κ2) is 7.60. The first kappa shape index (κ1) is 17.7. The molecular formula is C16H23NO3S. The maximum absolute atomic E-state index is 12.6. The lowest BCUT2D eigenvalue weighted by Crippen LogP contribution is -2.34. The van der Waals surface area contributed by atoms with Crippen molar-refractivity contribution in [3.8, 4) is 11.8 Å². The second-order valence-corrected chi connectivity index (χ2v) is 7.22. The summed E-state index contributed by atoms with van der Waals surface area (Å²) in [5.41, 5.74) is 1.52. The number of aliphatic hydroxyl groups excluding tert-OH is 1. The van der Waals surface area contributed by atoms with Gasteiger partial charge in [0.1, 0.15) is 6.61 Å². The summed E-state index contributed by atoms with van der Waals surface area (Å²) >= 11 is 0. The molecule has 0 amide bonds. The van der Waals surface area contributed by atoms with E-state index in [1.165, 1.54) is 4.31 Å². The van der Waals surface area contributed by atoms with Crippen LogP contribution in [0, 0.1) is 24.7 Å². The van der Waals surface area contributed by atoms with Crippen LogP contribution < -0.4 is 0 Å².